The lowest BCUT2D eigenvalue weighted by Gasteiger charge is -2.62. The van der Waals surface area contributed by atoms with E-state index in [2.05, 4.69) is 24.4 Å². The van der Waals surface area contributed by atoms with Crippen molar-refractivity contribution in [2.75, 3.05) is 13.7 Å². The Morgan fingerprint density at radius 3 is 2.06 bits per heavy atom. The number of primary amides is 1. The number of ether oxygens (including phenoxy) is 7. The zero-order valence-corrected chi connectivity index (χ0v) is 32.1. The normalized spacial score (nSPS) is 40.1. The second-order valence-electron chi connectivity index (χ2n) is 16.0. The Morgan fingerprint density at radius 2 is 1.44 bits per heavy atom. The fourth-order valence-corrected chi connectivity index (χ4v) is 10.7. The number of nitrogens with one attached hydrogen (secondary N) is 1. The molecule has 1 saturated heterocycles. The van der Waals surface area contributed by atoms with E-state index in [0.717, 1.165) is 53.1 Å². The minimum absolute atomic E-state index is 0.0506. The third-order valence-corrected chi connectivity index (χ3v) is 13.1. The highest BCUT2D eigenvalue weighted by Crippen LogP contribution is 2.68. The van der Waals surface area contributed by atoms with Gasteiger partial charge in [0, 0.05) is 33.1 Å². The fraction of sp³-hybridized carbons (Fsp3) is 0.811. The van der Waals surface area contributed by atoms with Crippen molar-refractivity contribution in [2.24, 2.45) is 45.3 Å². The fourth-order valence-electron chi connectivity index (χ4n) is 10.7. The van der Waals surface area contributed by atoms with Gasteiger partial charge < -0.3 is 44.0 Å². The van der Waals surface area contributed by atoms with Crippen LogP contribution in [-0.2, 0) is 57.1 Å². The van der Waals surface area contributed by atoms with Crippen molar-refractivity contribution in [3.05, 3.63) is 0 Å². The number of nitrogens with zero attached hydrogens (tertiary/aromatic N) is 1. The number of hydrogen-bond donors (Lipinski definition) is 3. The summed E-state index contributed by atoms with van der Waals surface area (Å²) in [4.78, 5) is 72.8. The first-order valence-corrected chi connectivity index (χ1v) is 18.7. The molecule has 13 atom stereocenters. The number of fused-ring (bicyclic) bond motifs is 5. The minimum atomic E-state index is -1.53. The van der Waals surface area contributed by atoms with Crippen LogP contribution in [0, 0.1) is 34.5 Å². The Bertz CT molecular complexity index is 1520. The molecule has 0 aromatic rings. The highest BCUT2D eigenvalue weighted by Gasteiger charge is 2.66. The van der Waals surface area contributed by atoms with Crippen LogP contribution in [0.15, 0.2) is 5.10 Å². The first-order valence-electron chi connectivity index (χ1n) is 18.7. The van der Waals surface area contributed by atoms with E-state index in [1.54, 1.807) is 0 Å². The Hall–Kier alpha value is -3.83. The van der Waals surface area contributed by atoms with Gasteiger partial charge in [-0.15, -0.1) is 0 Å². The van der Waals surface area contributed by atoms with Gasteiger partial charge in [-0.3, -0.25) is 19.2 Å². The summed E-state index contributed by atoms with van der Waals surface area (Å²) < 4.78 is 39.2. The van der Waals surface area contributed by atoms with Crippen LogP contribution < -0.4 is 11.2 Å². The summed E-state index contributed by atoms with van der Waals surface area (Å²) in [6, 6.07) is -0.885. The third kappa shape index (κ3) is 7.94. The van der Waals surface area contributed by atoms with Crippen LogP contribution in [-0.4, -0.2) is 103 Å². The maximum absolute atomic E-state index is 12.9. The molecule has 4 N–H and O–H groups in total. The van der Waals surface area contributed by atoms with E-state index in [9.17, 15) is 33.9 Å². The Morgan fingerprint density at radius 1 is 0.815 bits per heavy atom. The van der Waals surface area contributed by atoms with Gasteiger partial charge in [0.15, 0.2) is 30.7 Å². The molecule has 0 aromatic heterocycles. The average Bonchev–Trinajstić information content (AvgIpc) is 3.36. The number of aliphatic hydroxyl groups is 1. The number of hydrazone groups is 1. The Kier molecular flexibility index (Phi) is 12.3. The molecule has 17 nitrogen and oxygen atoms in total. The number of hydrogen-bond acceptors (Lipinski definition) is 15. The molecule has 0 unspecified atom stereocenters. The molecular formula is C37H55N3O14. The van der Waals surface area contributed by atoms with Crippen molar-refractivity contribution in [3.63, 3.8) is 0 Å². The molecule has 0 spiro atoms. The predicted octanol–water partition coefficient (Wildman–Crippen LogP) is 2.43. The lowest BCUT2D eigenvalue weighted by atomic mass is 9.44. The molecule has 54 heavy (non-hydrogen) atoms. The first-order chi connectivity index (χ1) is 25.3. The van der Waals surface area contributed by atoms with Gasteiger partial charge in [0.05, 0.1) is 13.2 Å². The molecule has 0 bridgehead atoms. The summed E-state index contributed by atoms with van der Waals surface area (Å²) >= 11 is 0. The van der Waals surface area contributed by atoms with E-state index in [4.69, 9.17) is 38.9 Å². The second-order valence-corrected chi connectivity index (χ2v) is 16.0. The van der Waals surface area contributed by atoms with Crippen molar-refractivity contribution in [3.8, 4) is 0 Å². The average molecular weight is 766 g/mol. The van der Waals surface area contributed by atoms with Gasteiger partial charge in [-0.2, -0.15) is 5.10 Å². The van der Waals surface area contributed by atoms with Crippen LogP contribution in [0.25, 0.3) is 0 Å². The van der Waals surface area contributed by atoms with Crippen LogP contribution in [0.2, 0.25) is 0 Å². The summed E-state index contributed by atoms with van der Waals surface area (Å²) in [5.74, 6) is -2.60. The lowest BCUT2D eigenvalue weighted by Crippen LogP contribution is -2.64. The lowest BCUT2D eigenvalue weighted by molar-refractivity contribution is -0.315. The number of nitrogens with two attached hydrogens (primary N) is 1. The van der Waals surface area contributed by atoms with Crippen molar-refractivity contribution in [1.82, 2.24) is 5.43 Å². The molecule has 302 valence electrons. The monoisotopic (exact) mass is 765 g/mol. The first kappa shape index (κ1) is 41.3. The molecule has 17 heteroatoms. The summed E-state index contributed by atoms with van der Waals surface area (Å²) in [5, 5.41) is 16.5. The smallest absolute Gasteiger partial charge is 0.339 e. The molecule has 1 aliphatic heterocycles. The van der Waals surface area contributed by atoms with E-state index in [-0.39, 0.29) is 35.7 Å². The van der Waals surface area contributed by atoms with Crippen molar-refractivity contribution < 1.29 is 67.0 Å². The highest BCUT2D eigenvalue weighted by atomic mass is 16.7. The quantitative estimate of drug-likeness (QED) is 0.0953. The van der Waals surface area contributed by atoms with Gasteiger partial charge in [-0.1, -0.05) is 13.8 Å². The van der Waals surface area contributed by atoms with E-state index in [1.807, 2.05) is 0 Å². The summed E-state index contributed by atoms with van der Waals surface area (Å²) in [6.07, 6.45) is -0.889. The van der Waals surface area contributed by atoms with E-state index in [0.29, 0.717) is 37.5 Å². The van der Waals surface area contributed by atoms with E-state index >= 15 is 0 Å². The second kappa shape index (κ2) is 16.1. The molecule has 0 radical (unpaired) electrons. The van der Waals surface area contributed by atoms with Gasteiger partial charge in [0.1, 0.15) is 17.9 Å². The molecule has 4 saturated carbocycles. The van der Waals surface area contributed by atoms with Crippen LogP contribution in [0.4, 0.5) is 4.79 Å². The van der Waals surface area contributed by atoms with Crippen molar-refractivity contribution >= 4 is 41.6 Å². The third-order valence-electron chi connectivity index (χ3n) is 13.1. The summed E-state index contributed by atoms with van der Waals surface area (Å²) in [5.41, 5.74) is 5.64. The molecule has 0 aromatic carbocycles. The topological polar surface area (TPSA) is 238 Å². The predicted molar refractivity (Wildman–Crippen MR) is 186 cm³/mol. The molecule has 5 aliphatic rings. The van der Waals surface area contributed by atoms with E-state index in [1.165, 1.54) is 13.8 Å². The van der Waals surface area contributed by atoms with Gasteiger partial charge >= 0.3 is 35.9 Å². The molecular weight excluding hydrogens is 710 g/mol. The number of carbonyl (C=O) groups excluding carboxylic acids is 6. The molecule has 1 heterocycles. The zero-order valence-electron chi connectivity index (χ0n) is 32.1. The molecule has 4 aliphatic carbocycles. The molecule has 5 fully saturated rings. The standard InChI is InChI=1S/C37H55N3O14/c1-18(41)49-17-27(39-40-34(38)46)37(47)15-12-26-24-9-8-22-16-23(10-13-35(22,5)25(24)11-14-36(26,37)6)53-33-31(52-21(4)44)29(51-20(3)43)28(50-19(2)42)30(54-33)32(45)48-7/h22-26,28-31,33,47H,8-17H2,1-7H3,(H3,38,40,46)/b39-27-/t22-,23-,24-,25+,26+,28+,29+,30-,31-,33-,35-,36-,37+/m1/s1. The SMILES string of the molecule is COC(=O)[C@@H]1O[C@@H](O[C@@H]2CC[C@]3(C)[C@H](CC[C@@H]4[C@@H]3CC[C@]3(C)[C@H]4CC[C@]3(O)/C(COC(C)=O)=N\NC(N)=O)C2)[C@H](OC(C)=O)[C@@H](OC(C)=O)[C@@H]1OC(C)=O. The molecule has 2 amide bonds. The Balaban J connectivity index is 1.34. The van der Waals surface area contributed by atoms with Gasteiger partial charge in [0.25, 0.3) is 0 Å². The number of carbonyl (C=O) groups is 6. The zero-order chi connectivity index (χ0) is 39.7. The summed E-state index contributed by atoms with van der Waals surface area (Å²) in [7, 11) is 1.14. The highest BCUT2D eigenvalue weighted by molar-refractivity contribution is 5.96. The van der Waals surface area contributed by atoms with E-state index < -0.39 is 77.6 Å². The molecule has 5 rings (SSSR count). The number of rotatable bonds is 10. The van der Waals surface area contributed by atoms with Gasteiger partial charge in [0.2, 0.25) is 0 Å². The van der Waals surface area contributed by atoms with Gasteiger partial charge in [-0.25, -0.2) is 15.0 Å². The number of urea groups is 1. The van der Waals surface area contributed by atoms with Crippen molar-refractivity contribution in [2.45, 2.75) is 142 Å². The number of esters is 5. The number of methoxy groups -OCH3 is 1. The largest absolute Gasteiger partial charge is 0.467 e. The van der Waals surface area contributed by atoms with Crippen molar-refractivity contribution in [1.29, 1.82) is 0 Å². The maximum Gasteiger partial charge on any atom is 0.339 e. The number of amides is 2. The van der Waals surface area contributed by atoms with Crippen LogP contribution in [0.3, 0.4) is 0 Å². The van der Waals surface area contributed by atoms with Crippen LogP contribution >= 0.6 is 0 Å². The Labute approximate surface area is 314 Å². The summed E-state index contributed by atoms with van der Waals surface area (Å²) in [6.45, 7) is 8.86. The van der Waals surface area contributed by atoms with Gasteiger partial charge in [-0.05, 0) is 86.9 Å². The minimum Gasteiger partial charge on any atom is -0.467 e. The maximum atomic E-state index is 12.9. The van der Waals surface area contributed by atoms with Crippen LogP contribution in [0.5, 0.6) is 0 Å². The van der Waals surface area contributed by atoms with Crippen LogP contribution in [0.1, 0.15) is 99.3 Å².